The van der Waals surface area contributed by atoms with Crippen LogP contribution in [0.15, 0.2) is 12.2 Å². The van der Waals surface area contributed by atoms with Crippen LogP contribution in [0.5, 0.6) is 0 Å². The number of carboxylic acid groups (broad SMARTS) is 1. The summed E-state index contributed by atoms with van der Waals surface area (Å²) in [7, 11) is 0. The maximum atomic E-state index is 14.3. The average Bonchev–Trinajstić information content (AvgIpc) is 3.37. The standard InChI is InChI=1S/C40H65NO5/c1-26(2)28-17-22-40(35(45)41-25-13-11-9-10-12-14-33(43)44)24-23-38(7)29(34(28)40)15-16-31-37(6)20-19-32(46-27(3)42)36(4,5)30(37)18-21-39(31,38)8/h28-32,34H,1,9-25H2,2-8H3,(H,41,45)(H,43,44)/t28-,29+,30-,31?,32-,34+,37-,38+,39+,40-/m0/s1. The lowest BCUT2D eigenvalue weighted by Crippen LogP contribution is -2.67. The van der Waals surface area contributed by atoms with E-state index in [1.807, 2.05) is 0 Å². The maximum Gasteiger partial charge on any atom is 0.303 e. The van der Waals surface area contributed by atoms with Gasteiger partial charge in [0.25, 0.3) is 0 Å². The molecule has 6 nitrogen and oxygen atoms in total. The zero-order valence-electron chi connectivity index (χ0n) is 30.3. The summed E-state index contributed by atoms with van der Waals surface area (Å²) in [5, 5.41) is 12.3. The molecule has 2 N–H and O–H groups in total. The lowest BCUT2D eigenvalue weighted by Gasteiger charge is -2.72. The zero-order valence-corrected chi connectivity index (χ0v) is 30.3. The first-order valence-corrected chi connectivity index (χ1v) is 18.9. The molecular formula is C40H65NO5. The second-order valence-corrected chi connectivity index (χ2v) is 18.0. The van der Waals surface area contributed by atoms with E-state index in [1.165, 1.54) is 31.3 Å². The SMILES string of the molecule is C=C(C)[C@@H]1CC[C@]2(C(=O)NCCCCCCCC(=O)O)CC[C@]3(C)[C@H](CCC4[C@@]5(C)CC[C@H](OC(C)=O)C(C)(C)[C@@H]5CC[C@]43C)[C@@H]12. The van der Waals surface area contributed by atoms with Gasteiger partial charge in [-0.2, -0.15) is 0 Å². The van der Waals surface area contributed by atoms with Gasteiger partial charge in [-0.05, 0) is 130 Å². The van der Waals surface area contributed by atoms with Crippen LogP contribution in [0.2, 0.25) is 0 Å². The van der Waals surface area contributed by atoms with Crippen molar-refractivity contribution in [2.24, 2.45) is 56.7 Å². The summed E-state index contributed by atoms with van der Waals surface area (Å²) >= 11 is 0. The van der Waals surface area contributed by atoms with E-state index in [0.717, 1.165) is 77.2 Å². The van der Waals surface area contributed by atoms with Crippen LogP contribution in [-0.4, -0.2) is 35.6 Å². The van der Waals surface area contributed by atoms with Crippen molar-refractivity contribution < 1.29 is 24.2 Å². The van der Waals surface area contributed by atoms with Gasteiger partial charge in [-0.25, -0.2) is 0 Å². The molecule has 0 aromatic rings. The monoisotopic (exact) mass is 639 g/mol. The summed E-state index contributed by atoms with van der Waals surface area (Å²) in [5.74, 6) is 1.90. The summed E-state index contributed by atoms with van der Waals surface area (Å²) in [6.45, 7) is 21.6. The molecule has 5 saturated carbocycles. The third-order valence-electron chi connectivity index (χ3n) is 15.6. The molecule has 0 radical (unpaired) electrons. The number of esters is 1. The van der Waals surface area contributed by atoms with Crippen molar-refractivity contribution in [1.82, 2.24) is 5.32 Å². The van der Waals surface area contributed by atoms with Gasteiger partial charge in [0.15, 0.2) is 0 Å². The Bertz CT molecular complexity index is 1190. The Kier molecular flexibility index (Phi) is 9.93. The third kappa shape index (κ3) is 5.67. The van der Waals surface area contributed by atoms with Crippen LogP contribution in [0.4, 0.5) is 0 Å². The van der Waals surface area contributed by atoms with E-state index in [4.69, 9.17) is 9.84 Å². The van der Waals surface area contributed by atoms with E-state index in [2.05, 4.69) is 53.4 Å². The quantitative estimate of drug-likeness (QED) is 0.134. The molecule has 260 valence electrons. The molecule has 1 amide bonds. The summed E-state index contributed by atoms with van der Waals surface area (Å²) in [6, 6.07) is 0. The molecule has 0 spiro atoms. The molecule has 5 fully saturated rings. The Morgan fingerprint density at radius 1 is 0.783 bits per heavy atom. The van der Waals surface area contributed by atoms with Gasteiger partial charge in [0, 0.05) is 25.3 Å². The lowest BCUT2D eigenvalue weighted by molar-refractivity contribution is -0.248. The lowest BCUT2D eigenvalue weighted by atomic mass is 9.32. The Morgan fingerprint density at radius 2 is 1.48 bits per heavy atom. The van der Waals surface area contributed by atoms with Gasteiger partial charge in [-0.3, -0.25) is 14.4 Å². The number of allylic oxidation sites excluding steroid dienone is 1. The first-order valence-electron chi connectivity index (χ1n) is 18.9. The molecule has 5 aliphatic rings. The van der Waals surface area contributed by atoms with Crippen LogP contribution >= 0.6 is 0 Å². The number of hydrogen-bond donors (Lipinski definition) is 2. The second kappa shape index (κ2) is 12.9. The van der Waals surface area contributed by atoms with Gasteiger partial charge >= 0.3 is 11.9 Å². The number of amides is 1. The second-order valence-electron chi connectivity index (χ2n) is 18.0. The molecule has 10 atom stereocenters. The van der Waals surface area contributed by atoms with Crippen LogP contribution in [0.25, 0.3) is 0 Å². The fraction of sp³-hybridized carbons (Fsp3) is 0.875. The van der Waals surface area contributed by atoms with Crippen LogP contribution in [0, 0.1) is 56.7 Å². The van der Waals surface area contributed by atoms with Gasteiger partial charge in [-0.1, -0.05) is 66.0 Å². The van der Waals surface area contributed by atoms with Crippen LogP contribution in [0.3, 0.4) is 0 Å². The molecule has 0 bridgehead atoms. The molecule has 1 unspecified atom stereocenters. The number of fused-ring (bicyclic) bond motifs is 7. The molecule has 6 heteroatoms. The maximum absolute atomic E-state index is 14.3. The smallest absolute Gasteiger partial charge is 0.303 e. The molecule has 0 heterocycles. The van der Waals surface area contributed by atoms with Crippen molar-refractivity contribution in [2.75, 3.05) is 6.54 Å². The Morgan fingerprint density at radius 3 is 2.15 bits per heavy atom. The highest BCUT2D eigenvalue weighted by Gasteiger charge is 2.72. The minimum atomic E-state index is -0.717. The average molecular weight is 640 g/mol. The van der Waals surface area contributed by atoms with E-state index < -0.39 is 5.97 Å². The Balaban J connectivity index is 1.34. The molecule has 0 aromatic heterocycles. The van der Waals surface area contributed by atoms with E-state index >= 15 is 0 Å². The van der Waals surface area contributed by atoms with E-state index in [1.54, 1.807) is 6.92 Å². The normalized spacial score (nSPS) is 42.5. The summed E-state index contributed by atoms with van der Waals surface area (Å²) < 4.78 is 5.94. The van der Waals surface area contributed by atoms with Crippen LogP contribution in [-0.2, 0) is 19.1 Å². The number of rotatable bonds is 11. The molecule has 0 saturated heterocycles. The molecule has 0 aromatic carbocycles. The topological polar surface area (TPSA) is 92.7 Å². The largest absolute Gasteiger partial charge is 0.481 e. The van der Waals surface area contributed by atoms with Crippen molar-refractivity contribution in [3.05, 3.63) is 12.2 Å². The van der Waals surface area contributed by atoms with E-state index in [0.29, 0.717) is 35.5 Å². The minimum Gasteiger partial charge on any atom is -0.481 e. The van der Waals surface area contributed by atoms with Gasteiger partial charge in [0.1, 0.15) is 6.10 Å². The Labute approximate surface area is 279 Å². The van der Waals surface area contributed by atoms with E-state index in [-0.39, 0.29) is 45.6 Å². The van der Waals surface area contributed by atoms with E-state index in [9.17, 15) is 14.4 Å². The molecular weight excluding hydrogens is 574 g/mol. The predicted molar refractivity (Wildman–Crippen MR) is 183 cm³/mol. The van der Waals surface area contributed by atoms with Crippen molar-refractivity contribution in [3.8, 4) is 0 Å². The summed E-state index contributed by atoms with van der Waals surface area (Å²) in [6.07, 6.45) is 16.0. The van der Waals surface area contributed by atoms with Crippen molar-refractivity contribution in [1.29, 1.82) is 0 Å². The first-order chi connectivity index (χ1) is 21.5. The fourth-order valence-corrected chi connectivity index (χ4v) is 13.2. The first kappa shape index (κ1) is 35.5. The van der Waals surface area contributed by atoms with Crippen LogP contribution in [0.1, 0.15) is 151 Å². The van der Waals surface area contributed by atoms with Gasteiger partial charge in [0.2, 0.25) is 5.91 Å². The highest BCUT2D eigenvalue weighted by Crippen LogP contribution is 2.77. The van der Waals surface area contributed by atoms with Crippen molar-refractivity contribution in [3.63, 3.8) is 0 Å². The highest BCUT2D eigenvalue weighted by molar-refractivity contribution is 5.84. The summed E-state index contributed by atoms with van der Waals surface area (Å²) in [4.78, 5) is 37.1. The molecule has 5 rings (SSSR count). The Hall–Kier alpha value is -1.85. The third-order valence-corrected chi connectivity index (χ3v) is 15.6. The number of ether oxygens (including phenoxy) is 1. The fourth-order valence-electron chi connectivity index (χ4n) is 13.2. The van der Waals surface area contributed by atoms with Crippen molar-refractivity contribution in [2.45, 2.75) is 157 Å². The molecule has 5 aliphatic carbocycles. The number of carbonyl (C=O) groups is 3. The molecule has 0 aliphatic heterocycles. The number of carboxylic acids is 1. The van der Waals surface area contributed by atoms with Gasteiger partial charge in [-0.15, -0.1) is 0 Å². The number of nitrogens with one attached hydrogen (secondary N) is 1. The zero-order chi connectivity index (χ0) is 33.7. The minimum absolute atomic E-state index is 0.0000793. The number of aliphatic carboxylic acids is 1. The highest BCUT2D eigenvalue weighted by atomic mass is 16.5. The number of unbranched alkanes of at least 4 members (excludes halogenated alkanes) is 4. The van der Waals surface area contributed by atoms with Crippen LogP contribution < -0.4 is 5.32 Å². The predicted octanol–water partition coefficient (Wildman–Crippen LogP) is 9.12. The van der Waals surface area contributed by atoms with Gasteiger partial charge < -0.3 is 15.2 Å². The van der Waals surface area contributed by atoms with Crippen molar-refractivity contribution >= 4 is 17.8 Å². The molecule has 46 heavy (non-hydrogen) atoms. The number of hydrogen-bond acceptors (Lipinski definition) is 4. The summed E-state index contributed by atoms with van der Waals surface area (Å²) in [5.41, 5.74) is 1.57. The van der Waals surface area contributed by atoms with Gasteiger partial charge in [0.05, 0.1) is 5.41 Å². The number of carbonyl (C=O) groups excluding carboxylic acids is 2.